The van der Waals surface area contributed by atoms with Gasteiger partial charge in [-0.05, 0) is 70.6 Å². The summed E-state index contributed by atoms with van der Waals surface area (Å²) in [5.41, 5.74) is 2.01. The molecule has 1 aliphatic rings. The average molecular weight is 364 g/mol. The SMILES string of the molecule is Cc1ccc(C(C)C)c(OC[C@H](O)CN2C(C)(C)CC(O)CC2(C)C)c1. The molecule has 2 N–H and O–H groups in total. The van der Waals surface area contributed by atoms with Crippen LogP contribution in [0.4, 0.5) is 0 Å². The Balaban J connectivity index is 2.05. The van der Waals surface area contributed by atoms with Crippen LogP contribution in [0.25, 0.3) is 0 Å². The number of hydrogen-bond acceptors (Lipinski definition) is 4. The number of β-amino-alcohol motifs (C(OH)–C–C–N with tert-alkyl or cyclic N) is 1. The molecule has 0 unspecified atom stereocenters. The lowest BCUT2D eigenvalue weighted by molar-refractivity contribution is -0.1000. The van der Waals surface area contributed by atoms with Gasteiger partial charge < -0.3 is 14.9 Å². The summed E-state index contributed by atoms with van der Waals surface area (Å²) in [6.45, 7) is 15.7. The number of rotatable bonds is 6. The fraction of sp³-hybridized carbons (Fsp3) is 0.727. The van der Waals surface area contributed by atoms with Gasteiger partial charge in [-0.3, -0.25) is 4.90 Å². The van der Waals surface area contributed by atoms with Crippen LogP contribution in [0.3, 0.4) is 0 Å². The number of ether oxygens (including phenoxy) is 1. The summed E-state index contributed by atoms with van der Waals surface area (Å²) in [4.78, 5) is 2.32. The van der Waals surface area contributed by atoms with E-state index in [1.165, 1.54) is 5.56 Å². The first-order chi connectivity index (χ1) is 11.9. The molecule has 1 atom stereocenters. The van der Waals surface area contributed by atoms with Gasteiger partial charge in [0.15, 0.2) is 0 Å². The molecule has 4 heteroatoms. The Bertz CT molecular complexity index is 591. The third-order valence-electron chi connectivity index (χ3n) is 5.55. The Kier molecular flexibility index (Phi) is 6.42. The number of aryl methyl sites for hydroxylation is 1. The summed E-state index contributed by atoms with van der Waals surface area (Å²) in [5, 5.41) is 20.8. The van der Waals surface area contributed by atoms with Crippen LogP contribution in [0.1, 0.15) is 71.4 Å². The van der Waals surface area contributed by atoms with E-state index in [9.17, 15) is 10.2 Å². The maximum Gasteiger partial charge on any atom is 0.123 e. The number of aliphatic hydroxyl groups is 2. The molecule has 1 saturated heterocycles. The van der Waals surface area contributed by atoms with E-state index in [0.717, 1.165) is 24.2 Å². The highest BCUT2D eigenvalue weighted by molar-refractivity contribution is 5.39. The summed E-state index contributed by atoms with van der Waals surface area (Å²) >= 11 is 0. The number of nitrogens with zero attached hydrogens (tertiary/aromatic N) is 1. The average Bonchev–Trinajstić information content (AvgIpc) is 2.47. The van der Waals surface area contributed by atoms with E-state index in [0.29, 0.717) is 12.5 Å². The van der Waals surface area contributed by atoms with Crippen molar-refractivity contribution in [2.45, 2.75) is 90.5 Å². The standard InChI is InChI=1S/C22H37NO3/c1-15(2)19-9-8-16(3)10-20(19)26-14-18(25)13-23-21(4,5)11-17(24)12-22(23,6)7/h8-10,15,17-18,24-25H,11-14H2,1-7H3/t18-/m1/s1. The molecule has 26 heavy (non-hydrogen) atoms. The molecule has 4 nitrogen and oxygen atoms in total. The highest BCUT2D eigenvalue weighted by atomic mass is 16.5. The predicted octanol–water partition coefficient (Wildman–Crippen LogP) is 3.87. The van der Waals surface area contributed by atoms with Gasteiger partial charge in [-0.1, -0.05) is 26.0 Å². The highest BCUT2D eigenvalue weighted by Crippen LogP contribution is 2.38. The third kappa shape index (κ3) is 4.99. The van der Waals surface area contributed by atoms with Crippen molar-refractivity contribution in [2.24, 2.45) is 0 Å². The third-order valence-corrected chi connectivity index (χ3v) is 5.55. The fourth-order valence-corrected chi connectivity index (χ4v) is 4.45. The van der Waals surface area contributed by atoms with E-state index in [1.807, 2.05) is 6.07 Å². The van der Waals surface area contributed by atoms with E-state index >= 15 is 0 Å². The van der Waals surface area contributed by atoms with Crippen molar-refractivity contribution in [3.8, 4) is 5.75 Å². The van der Waals surface area contributed by atoms with E-state index in [2.05, 4.69) is 65.5 Å². The molecule has 1 aliphatic heterocycles. The lowest BCUT2D eigenvalue weighted by Gasteiger charge is -2.55. The molecule has 0 saturated carbocycles. The molecule has 148 valence electrons. The highest BCUT2D eigenvalue weighted by Gasteiger charge is 2.45. The van der Waals surface area contributed by atoms with Crippen molar-refractivity contribution in [1.82, 2.24) is 4.90 Å². The van der Waals surface area contributed by atoms with Crippen molar-refractivity contribution in [3.63, 3.8) is 0 Å². The topological polar surface area (TPSA) is 52.9 Å². The van der Waals surface area contributed by atoms with Gasteiger partial charge >= 0.3 is 0 Å². The number of benzene rings is 1. The van der Waals surface area contributed by atoms with Crippen LogP contribution in [0.15, 0.2) is 18.2 Å². The Labute approximate surface area is 159 Å². The van der Waals surface area contributed by atoms with Crippen LogP contribution in [0, 0.1) is 6.92 Å². The Morgan fingerprint density at radius 1 is 1.15 bits per heavy atom. The molecule has 0 bridgehead atoms. The van der Waals surface area contributed by atoms with Crippen LogP contribution >= 0.6 is 0 Å². The van der Waals surface area contributed by atoms with Crippen LogP contribution in [0.2, 0.25) is 0 Å². The van der Waals surface area contributed by atoms with E-state index in [1.54, 1.807) is 0 Å². The van der Waals surface area contributed by atoms with Crippen LogP contribution in [-0.4, -0.2) is 51.6 Å². The lowest BCUT2D eigenvalue weighted by atomic mass is 9.78. The molecule has 0 spiro atoms. The molecule has 0 amide bonds. The predicted molar refractivity (Wildman–Crippen MR) is 107 cm³/mol. The molecular formula is C22H37NO3. The van der Waals surface area contributed by atoms with Crippen LogP contribution in [-0.2, 0) is 0 Å². The maximum atomic E-state index is 10.7. The Morgan fingerprint density at radius 3 is 2.27 bits per heavy atom. The first-order valence-corrected chi connectivity index (χ1v) is 9.79. The molecule has 1 aromatic rings. The van der Waals surface area contributed by atoms with Crippen molar-refractivity contribution >= 4 is 0 Å². The minimum Gasteiger partial charge on any atom is -0.491 e. The summed E-state index contributed by atoms with van der Waals surface area (Å²) in [6, 6.07) is 6.26. The van der Waals surface area contributed by atoms with Gasteiger partial charge in [0.1, 0.15) is 18.5 Å². The van der Waals surface area contributed by atoms with Crippen LogP contribution < -0.4 is 4.74 Å². The maximum absolute atomic E-state index is 10.7. The van der Waals surface area contributed by atoms with Gasteiger partial charge in [0.25, 0.3) is 0 Å². The minimum atomic E-state index is -0.579. The molecule has 1 aromatic carbocycles. The Morgan fingerprint density at radius 2 is 1.73 bits per heavy atom. The second-order valence-electron chi connectivity index (χ2n) is 9.46. The van der Waals surface area contributed by atoms with Gasteiger partial charge in [0.05, 0.1) is 6.10 Å². The zero-order valence-corrected chi connectivity index (χ0v) is 17.5. The molecule has 0 aliphatic carbocycles. The summed E-state index contributed by atoms with van der Waals surface area (Å²) in [5.74, 6) is 1.25. The smallest absolute Gasteiger partial charge is 0.123 e. The van der Waals surface area contributed by atoms with Gasteiger partial charge in [-0.25, -0.2) is 0 Å². The zero-order chi connectivity index (χ0) is 19.7. The molecule has 2 rings (SSSR count). The van der Waals surface area contributed by atoms with E-state index in [4.69, 9.17) is 4.74 Å². The monoisotopic (exact) mass is 363 g/mol. The van der Waals surface area contributed by atoms with Gasteiger partial charge in [-0.15, -0.1) is 0 Å². The summed E-state index contributed by atoms with van der Waals surface area (Å²) in [7, 11) is 0. The number of likely N-dealkylation sites (tertiary alicyclic amines) is 1. The van der Waals surface area contributed by atoms with Crippen LogP contribution in [0.5, 0.6) is 5.75 Å². The molecule has 0 radical (unpaired) electrons. The molecule has 1 heterocycles. The molecular weight excluding hydrogens is 326 g/mol. The van der Waals surface area contributed by atoms with Gasteiger partial charge in [0, 0.05) is 17.6 Å². The van der Waals surface area contributed by atoms with E-state index in [-0.39, 0.29) is 23.8 Å². The van der Waals surface area contributed by atoms with Crippen molar-refractivity contribution in [2.75, 3.05) is 13.2 Å². The second-order valence-corrected chi connectivity index (χ2v) is 9.46. The zero-order valence-electron chi connectivity index (χ0n) is 17.5. The first kappa shape index (κ1) is 21.2. The fourth-order valence-electron chi connectivity index (χ4n) is 4.45. The lowest BCUT2D eigenvalue weighted by Crippen LogP contribution is -2.63. The first-order valence-electron chi connectivity index (χ1n) is 9.79. The number of piperidine rings is 1. The Hall–Kier alpha value is -1.10. The minimum absolute atomic E-state index is 0.158. The van der Waals surface area contributed by atoms with Gasteiger partial charge in [-0.2, -0.15) is 0 Å². The molecule has 1 fully saturated rings. The summed E-state index contributed by atoms with van der Waals surface area (Å²) < 4.78 is 6.01. The normalized spacial score (nSPS) is 21.8. The number of hydrogen-bond donors (Lipinski definition) is 2. The van der Waals surface area contributed by atoms with Crippen molar-refractivity contribution < 1.29 is 14.9 Å². The summed E-state index contributed by atoms with van der Waals surface area (Å²) in [6.07, 6.45) is 0.577. The number of aliphatic hydroxyl groups excluding tert-OH is 2. The van der Waals surface area contributed by atoms with Gasteiger partial charge in [0.2, 0.25) is 0 Å². The van der Waals surface area contributed by atoms with Crippen molar-refractivity contribution in [1.29, 1.82) is 0 Å². The molecule has 0 aromatic heterocycles. The largest absolute Gasteiger partial charge is 0.491 e. The van der Waals surface area contributed by atoms with Crippen molar-refractivity contribution in [3.05, 3.63) is 29.3 Å². The van der Waals surface area contributed by atoms with E-state index < -0.39 is 6.10 Å². The second kappa shape index (κ2) is 7.87. The quantitative estimate of drug-likeness (QED) is 0.805.